The van der Waals surface area contributed by atoms with E-state index < -0.39 is 11.6 Å². The van der Waals surface area contributed by atoms with Crippen molar-refractivity contribution in [1.82, 2.24) is 14.8 Å². The van der Waals surface area contributed by atoms with Crippen LogP contribution in [0.3, 0.4) is 0 Å². The summed E-state index contributed by atoms with van der Waals surface area (Å²) in [5.74, 6) is 5.84. The summed E-state index contributed by atoms with van der Waals surface area (Å²) < 4.78 is 11.2. The number of ether oxygens (including phenoxy) is 2. The standard InChI is InChI=1S/C22H31N3O5/c1-5-24(15-20(26)27)10-7-6-8-17-12-19(14-23-13-17)29-16-18-9-11-25(18)21(28)30-22(2,3)4/h12-14,18H,5,7,9-11,15-16H2,1-4H3,(H,26,27)/t18-/m0/s1. The molecule has 2 heterocycles. The lowest BCUT2D eigenvalue weighted by atomic mass is 10.1. The van der Waals surface area contributed by atoms with Gasteiger partial charge in [-0.05, 0) is 39.8 Å². The van der Waals surface area contributed by atoms with Gasteiger partial charge in [0.05, 0.1) is 18.8 Å². The monoisotopic (exact) mass is 417 g/mol. The zero-order valence-corrected chi connectivity index (χ0v) is 18.2. The molecule has 1 aromatic heterocycles. The second kappa shape index (κ2) is 10.8. The van der Waals surface area contributed by atoms with Crippen LogP contribution in [0.5, 0.6) is 5.75 Å². The van der Waals surface area contributed by atoms with Gasteiger partial charge in [-0.1, -0.05) is 18.8 Å². The average Bonchev–Trinajstić information content (AvgIpc) is 2.62. The first-order valence-corrected chi connectivity index (χ1v) is 10.2. The zero-order valence-electron chi connectivity index (χ0n) is 18.2. The SMILES string of the molecule is CCN(CCC#Cc1cncc(OC[C@@H]2CCN2C(=O)OC(C)(C)C)c1)CC(=O)O. The number of likely N-dealkylation sites (tertiary alicyclic amines) is 1. The van der Waals surface area contributed by atoms with Gasteiger partial charge in [0, 0.05) is 31.3 Å². The number of pyridine rings is 1. The number of carbonyl (C=O) groups excluding carboxylic acids is 1. The van der Waals surface area contributed by atoms with Crippen molar-refractivity contribution in [3.05, 3.63) is 24.0 Å². The van der Waals surface area contributed by atoms with E-state index >= 15 is 0 Å². The molecule has 1 amide bonds. The molecular formula is C22H31N3O5. The van der Waals surface area contributed by atoms with E-state index in [1.807, 2.05) is 38.7 Å². The molecule has 1 aromatic rings. The van der Waals surface area contributed by atoms with Crippen molar-refractivity contribution in [1.29, 1.82) is 0 Å². The second-order valence-corrected chi connectivity index (χ2v) is 8.15. The van der Waals surface area contributed by atoms with Gasteiger partial charge in [0.25, 0.3) is 0 Å². The molecule has 1 aliphatic heterocycles. The predicted octanol–water partition coefficient (Wildman–Crippen LogP) is 2.62. The minimum absolute atomic E-state index is 0.0103. The van der Waals surface area contributed by atoms with Crippen molar-refractivity contribution in [2.45, 2.75) is 52.2 Å². The molecule has 1 aliphatic rings. The first kappa shape index (κ1) is 23.5. The minimum Gasteiger partial charge on any atom is -0.490 e. The Morgan fingerprint density at radius 3 is 2.73 bits per heavy atom. The number of hydrogen-bond donors (Lipinski definition) is 1. The third-order valence-electron chi connectivity index (χ3n) is 4.52. The van der Waals surface area contributed by atoms with Crippen molar-refractivity contribution >= 4 is 12.1 Å². The fraction of sp³-hybridized carbons (Fsp3) is 0.591. The van der Waals surface area contributed by atoms with Crippen molar-refractivity contribution in [2.75, 3.05) is 32.8 Å². The van der Waals surface area contributed by atoms with Gasteiger partial charge in [0.2, 0.25) is 0 Å². The molecule has 8 heteroatoms. The molecule has 0 aromatic carbocycles. The first-order chi connectivity index (χ1) is 14.2. The van der Waals surface area contributed by atoms with Crippen LogP contribution in [0.25, 0.3) is 0 Å². The highest BCUT2D eigenvalue weighted by Crippen LogP contribution is 2.22. The molecule has 8 nitrogen and oxygen atoms in total. The Kier molecular flexibility index (Phi) is 8.48. The van der Waals surface area contributed by atoms with Gasteiger partial charge < -0.3 is 19.5 Å². The van der Waals surface area contributed by atoms with Crippen molar-refractivity contribution < 1.29 is 24.2 Å². The van der Waals surface area contributed by atoms with Gasteiger partial charge >= 0.3 is 12.1 Å². The normalized spacial score (nSPS) is 15.8. The van der Waals surface area contributed by atoms with Crippen LogP contribution < -0.4 is 4.74 Å². The summed E-state index contributed by atoms with van der Waals surface area (Å²) in [6, 6.07) is 1.80. The number of nitrogens with zero attached hydrogens (tertiary/aromatic N) is 3. The topological polar surface area (TPSA) is 92.2 Å². The highest BCUT2D eigenvalue weighted by molar-refractivity contribution is 5.69. The summed E-state index contributed by atoms with van der Waals surface area (Å²) in [7, 11) is 0. The fourth-order valence-electron chi connectivity index (χ4n) is 2.85. The Morgan fingerprint density at radius 2 is 2.13 bits per heavy atom. The van der Waals surface area contributed by atoms with E-state index in [0.717, 1.165) is 12.0 Å². The van der Waals surface area contributed by atoms with Crippen molar-refractivity contribution in [3.63, 3.8) is 0 Å². The average molecular weight is 418 g/mol. The summed E-state index contributed by atoms with van der Waals surface area (Å²) in [5, 5.41) is 8.86. The van der Waals surface area contributed by atoms with Crippen LogP contribution >= 0.6 is 0 Å². The molecule has 30 heavy (non-hydrogen) atoms. The molecule has 0 aliphatic carbocycles. The maximum Gasteiger partial charge on any atom is 0.410 e. The fourth-order valence-corrected chi connectivity index (χ4v) is 2.85. The van der Waals surface area contributed by atoms with Crippen molar-refractivity contribution in [2.24, 2.45) is 0 Å². The van der Waals surface area contributed by atoms with E-state index in [2.05, 4.69) is 16.8 Å². The van der Waals surface area contributed by atoms with Crippen LogP contribution in [-0.4, -0.2) is 76.4 Å². The molecule has 0 spiro atoms. The molecule has 2 rings (SSSR count). The smallest absolute Gasteiger partial charge is 0.410 e. The third kappa shape index (κ3) is 7.91. The van der Waals surface area contributed by atoms with E-state index in [1.165, 1.54) is 0 Å². The minimum atomic E-state index is -0.837. The number of likely N-dealkylation sites (N-methyl/N-ethyl adjacent to an activating group) is 1. The molecule has 1 fully saturated rings. The summed E-state index contributed by atoms with van der Waals surface area (Å²) in [4.78, 5) is 30.6. The van der Waals surface area contributed by atoms with E-state index in [-0.39, 0.29) is 18.7 Å². The lowest BCUT2D eigenvalue weighted by Crippen LogP contribution is -2.55. The van der Waals surface area contributed by atoms with Crippen LogP contribution in [0.4, 0.5) is 4.79 Å². The Morgan fingerprint density at radius 1 is 1.37 bits per heavy atom. The maximum atomic E-state index is 12.2. The van der Waals surface area contributed by atoms with Gasteiger partial charge in [0.1, 0.15) is 18.0 Å². The van der Waals surface area contributed by atoms with Gasteiger partial charge in [-0.3, -0.25) is 14.7 Å². The molecule has 0 unspecified atom stereocenters. The Hall–Kier alpha value is -2.79. The quantitative estimate of drug-likeness (QED) is 0.650. The summed E-state index contributed by atoms with van der Waals surface area (Å²) in [6.07, 6.45) is 4.40. The lowest BCUT2D eigenvalue weighted by Gasteiger charge is -2.40. The van der Waals surface area contributed by atoms with E-state index in [1.54, 1.807) is 17.3 Å². The highest BCUT2D eigenvalue weighted by Gasteiger charge is 2.35. The number of aliphatic carboxylic acids is 1. The largest absolute Gasteiger partial charge is 0.490 e. The Labute approximate surface area is 178 Å². The van der Waals surface area contributed by atoms with Crippen LogP contribution in [0.2, 0.25) is 0 Å². The van der Waals surface area contributed by atoms with Gasteiger partial charge in [-0.25, -0.2) is 4.79 Å². The Balaban J connectivity index is 1.82. The summed E-state index contributed by atoms with van der Waals surface area (Å²) in [5.41, 5.74) is 0.211. The molecule has 164 valence electrons. The zero-order chi connectivity index (χ0) is 22.1. The van der Waals surface area contributed by atoms with Gasteiger partial charge in [0.15, 0.2) is 0 Å². The van der Waals surface area contributed by atoms with Crippen molar-refractivity contribution in [3.8, 4) is 17.6 Å². The molecule has 0 radical (unpaired) electrons. The number of carboxylic acids is 1. The summed E-state index contributed by atoms with van der Waals surface area (Å²) >= 11 is 0. The Bertz CT molecular complexity index is 794. The van der Waals surface area contributed by atoms with E-state index in [4.69, 9.17) is 14.6 Å². The maximum absolute atomic E-state index is 12.2. The number of aromatic nitrogens is 1. The molecule has 0 saturated carbocycles. The van der Waals surface area contributed by atoms with Crippen LogP contribution in [0, 0.1) is 11.8 Å². The third-order valence-corrected chi connectivity index (χ3v) is 4.52. The molecular weight excluding hydrogens is 386 g/mol. The second-order valence-electron chi connectivity index (χ2n) is 8.15. The number of amides is 1. The van der Waals surface area contributed by atoms with Gasteiger partial charge in [-0.15, -0.1) is 0 Å². The number of hydrogen-bond acceptors (Lipinski definition) is 6. The van der Waals surface area contributed by atoms with E-state index in [0.29, 0.717) is 38.4 Å². The highest BCUT2D eigenvalue weighted by atomic mass is 16.6. The molecule has 1 saturated heterocycles. The van der Waals surface area contributed by atoms with Crippen LogP contribution in [0.15, 0.2) is 18.5 Å². The predicted molar refractivity (Wildman–Crippen MR) is 112 cm³/mol. The molecule has 1 N–H and O–H groups in total. The number of carboxylic acid groups (broad SMARTS) is 1. The molecule has 1 atom stereocenters. The lowest BCUT2D eigenvalue weighted by molar-refractivity contribution is -0.138. The van der Waals surface area contributed by atoms with E-state index in [9.17, 15) is 9.59 Å². The van der Waals surface area contributed by atoms with Crippen LogP contribution in [0.1, 0.15) is 46.1 Å². The number of carbonyl (C=O) groups is 2. The van der Waals surface area contributed by atoms with Crippen LogP contribution in [-0.2, 0) is 9.53 Å². The summed E-state index contributed by atoms with van der Waals surface area (Å²) in [6.45, 7) is 9.79. The van der Waals surface area contributed by atoms with Gasteiger partial charge in [-0.2, -0.15) is 0 Å². The number of rotatable bonds is 8. The first-order valence-electron chi connectivity index (χ1n) is 10.2. The molecule has 0 bridgehead atoms.